The largest absolute Gasteiger partial charge is 0.465 e. The Morgan fingerprint density at radius 2 is 0.657 bits per heavy atom. The third kappa shape index (κ3) is 31.7. The minimum Gasteiger partial charge on any atom is -0.465 e. The van der Waals surface area contributed by atoms with Crippen molar-refractivity contribution in [2.75, 3.05) is 12.5 Å². The molecule has 0 aliphatic carbocycles. The van der Waals surface area contributed by atoms with Gasteiger partial charge in [0.25, 0.3) is 0 Å². The molecule has 0 N–H and O–H groups in total. The van der Waals surface area contributed by atoms with Crippen molar-refractivity contribution in [3.8, 4) is 0 Å². The highest BCUT2D eigenvalue weighted by molar-refractivity contribution is 6.26. The van der Waals surface area contributed by atoms with E-state index in [0.29, 0.717) is 6.61 Å². The Bertz CT molecular complexity index is 399. The lowest BCUT2D eigenvalue weighted by atomic mass is 10.0. The molecule has 210 valence electrons. The van der Waals surface area contributed by atoms with E-state index in [1.807, 2.05) is 0 Å². The second kappa shape index (κ2) is 31.8. The molecule has 3 heteroatoms. The Balaban J connectivity index is 3.02. The number of esters is 1. The van der Waals surface area contributed by atoms with Crippen molar-refractivity contribution in [1.82, 2.24) is 0 Å². The van der Waals surface area contributed by atoms with Crippen molar-refractivity contribution in [2.24, 2.45) is 0 Å². The Hall–Kier alpha value is -0.240. The highest BCUT2D eigenvalue weighted by atomic mass is 35.5. The molecule has 35 heavy (non-hydrogen) atoms. The van der Waals surface area contributed by atoms with E-state index in [9.17, 15) is 4.79 Å². The maximum Gasteiger partial charge on any atom is 0.320 e. The summed E-state index contributed by atoms with van der Waals surface area (Å²) >= 11 is 5.39. The first-order valence-corrected chi connectivity index (χ1v) is 16.6. The van der Waals surface area contributed by atoms with Crippen LogP contribution in [0.3, 0.4) is 0 Å². The summed E-state index contributed by atoms with van der Waals surface area (Å²) < 4.78 is 4.98. The third-order valence-corrected chi connectivity index (χ3v) is 7.59. The third-order valence-electron chi connectivity index (χ3n) is 7.37. The quantitative estimate of drug-likeness (QED) is 0.0540. The topological polar surface area (TPSA) is 26.3 Å². The smallest absolute Gasteiger partial charge is 0.320 e. The molecule has 0 amide bonds. The van der Waals surface area contributed by atoms with Crippen LogP contribution in [0, 0.1) is 0 Å². The molecule has 0 aliphatic rings. The molecule has 0 aliphatic heterocycles. The molecule has 0 aromatic rings. The predicted molar refractivity (Wildman–Crippen MR) is 157 cm³/mol. The number of rotatable bonds is 30. The van der Waals surface area contributed by atoms with Gasteiger partial charge in [0.1, 0.15) is 5.88 Å². The molecule has 0 saturated carbocycles. The summed E-state index contributed by atoms with van der Waals surface area (Å²) in [6.45, 7) is 2.83. The molecule has 0 aromatic heterocycles. The average molecular weight is 515 g/mol. The fraction of sp³-hybridized carbons (Fsp3) is 0.969. The predicted octanol–water partition coefficient (Wildman–Crippen LogP) is 11.7. The molecule has 0 spiro atoms. The number of ether oxygens (including phenoxy) is 1. The minimum absolute atomic E-state index is 0.0282. The number of carbonyl (C=O) groups is 1. The van der Waals surface area contributed by atoms with Crippen molar-refractivity contribution in [1.29, 1.82) is 0 Å². The van der Waals surface area contributed by atoms with Crippen molar-refractivity contribution in [3.05, 3.63) is 0 Å². The number of unbranched alkanes of at least 4 members (excludes halogenated alkanes) is 27. The van der Waals surface area contributed by atoms with Crippen LogP contribution in [0.4, 0.5) is 0 Å². The molecule has 0 atom stereocenters. The minimum atomic E-state index is -0.295. The van der Waals surface area contributed by atoms with Crippen LogP contribution in [0.5, 0.6) is 0 Å². The van der Waals surface area contributed by atoms with Crippen LogP contribution < -0.4 is 0 Å². The van der Waals surface area contributed by atoms with Crippen molar-refractivity contribution < 1.29 is 9.53 Å². The fourth-order valence-electron chi connectivity index (χ4n) is 5.00. The van der Waals surface area contributed by atoms with E-state index in [-0.39, 0.29) is 11.8 Å². The number of hydrogen-bond donors (Lipinski definition) is 0. The first kappa shape index (κ1) is 34.8. The van der Waals surface area contributed by atoms with Crippen LogP contribution in [0.25, 0.3) is 0 Å². The number of halogens is 1. The van der Waals surface area contributed by atoms with Gasteiger partial charge in [-0.05, 0) is 6.42 Å². The van der Waals surface area contributed by atoms with Gasteiger partial charge in [0.05, 0.1) is 6.61 Å². The number of hydrogen-bond acceptors (Lipinski definition) is 2. The van der Waals surface area contributed by atoms with Crippen molar-refractivity contribution in [3.63, 3.8) is 0 Å². The monoisotopic (exact) mass is 514 g/mol. The van der Waals surface area contributed by atoms with Gasteiger partial charge in [0.2, 0.25) is 0 Å². The Kier molecular flexibility index (Phi) is 31.6. The van der Waals surface area contributed by atoms with E-state index in [0.717, 1.165) is 12.8 Å². The lowest BCUT2D eigenvalue weighted by molar-refractivity contribution is -0.140. The highest BCUT2D eigenvalue weighted by Gasteiger charge is 1.99. The van der Waals surface area contributed by atoms with E-state index >= 15 is 0 Å². The highest BCUT2D eigenvalue weighted by Crippen LogP contribution is 2.16. The lowest BCUT2D eigenvalue weighted by Gasteiger charge is -2.05. The molecular formula is C32H63ClO2. The zero-order valence-corrected chi connectivity index (χ0v) is 24.7. The molecule has 0 unspecified atom stereocenters. The summed E-state index contributed by atoms with van der Waals surface area (Å²) in [7, 11) is 0. The van der Waals surface area contributed by atoms with Crippen LogP contribution in [0.15, 0.2) is 0 Å². The van der Waals surface area contributed by atoms with Crippen LogP contribution in [0.1, 0.15) is 187 Å². The number of carbonyl (C=O) groups excluding carboxylic acids is 1. The van der Waals surface area contributed by atoms with Gasteiger partial charge in [-0.1, -0.05) is 180 Å². The second-order valence-corrected chi connectivity index (χ2v) is 11.2. The Morgan fingerprint density at radius 3 is 0.886 bits per heavy atom. The molecule has 0 rings (SSSR count). The summed E-state index contributed by atoms with van der Waals surface area (Å²) in [5.74, 6) is -0.323. The van der Waals surface area contributed by atoms with E-state index in [1.54, 1.807) is 0 Å². The maximum absolute atomic E-state index is 10.9. The maximum atomic E-state index is 10.9. The van der Waals surface area contributed by atoms with Crippen LogP contribution in [-0.4, -0.2) is 18.5 Å². The van der Waals surface area contributed by atoms with E-state index in [4.69, 9.17) is 16.3 Å². The molecule has 0 aromatic carbocycles. The molecule has 0 radical (unpaired) electrons. The zero-order valence-electron chi connectivity index (χ0n) is 23.9. The zero-order chi connectivity index (χ0) is 25.5. The van der Waals surface area contributed by atoms with Crippen LogP contribution in [-0.2, 0) is 9.53 Å². The van der Waals surface area contributed by atoms with E-state index < -0.39 is 0 Å². The fourth-order valence-corrected chi connectivity index (χ4v) is 5.07. The molecule has 0 fully saturated rings. The number of alkyl halides is 1. The van der Waals surface area contributed by atoms with Gasteiger partial charge in [0.15, 0.2) is 0 Å². The first-order chi connectivity index (χ1) is 17.3. The molecule has 0 heterocycles. The summed E-state index contributed by atoms with van der Waals surface area (Å²) in [5.41, 5.74) is 0. The molecule has 0 bridgehead atoms. The van der Waals surface area contributed by atoms with Gasteiger partial charge < -0.3 is 4.74 Å². The summed E-state index contributed by atoms with van der Waals surface area (Å²) in [6.07, 6.45) is 39.5. The van der Waals surface area contributed by atoms with E-state index in [1.165, 1.54) is 167 Å². The Morgan fingerprint density at radius 1 is 0.429 bits per heavy atom. The second-order valence-electron chi connectivity index (χ2n) is 10.9. The summed E-state index contributed by atoms with van der Waals surface area (Å²) in [4.78, 5) is 10.9. The summed E-state index contributed by atoms with van der Waals surface area (Å²) in [6, 6.07) is 0. The average Bonchev–Trinajstić information content (AvgIpc) is 2.87. The molecule has 0 saturated heterocycles. The van der Waals surface area contributed by atoms with E-state index in [2.05, 4.69) is 6.92 Å². The van der Waals surface area contributed by atoms with Gasteiger partial charge in [0, 0.05) is 0 Å². The van der Waals surface area contributed by atoms with Crippen molar-refractivity contribution in [2.45, 2.75) is 187 Å². The Labute approximate surface area is 226 Å². The lowest BCUT2D eigenvalue weighted by Crippen LogP contribution is -2.06. The SMILES string of the molecule is CCCCCCCCCCCCCCCCCCCCCCCCCCCCCCOC(=O)CCl. The first-order valence-electron chi connectivity index (χ1n) is 16.0. The van der Waals surface area contributed by atoms with Gasteiger partial charge in [-0.3, -0.25) is 4.79 Å². The van der Waals surface area contributed by atoms with Gasteiger partial charge in [-0.15, -0.1) is 11.6 Å². The molecular weight excluding hydrogens is 452 g/mol. The van der Waals surface area contributed by atoms with Gasteiger partial charge >= 0.3 is 5.97 Å². The van der Waals surface area contributed by atoms with Crippen molar-refractivity contribution >= 4 is 17.6 Å². The van der Waals surface area contributed by atoms with Gasteiger partial charge in [-0.2, -0.15) is 0 Å². The van der Waals surface area contributed by atoms with Crippen LogP contribution in [0.2, 0.25) is 0 Å². The van der Waals surface area contributed by atoms with Gasteiger partial charge in [-0.25, -0.2) is 0 Å². The standard InChI is InChI=1S/C32H63ClO2/c1-2-3-4-5-6-7-8-9-10-11-12-13-14-15-16-17-18-19-20-21-22-23-24-25-26-27-28-29-30-35-32(34)31-33/h2-31H2,1H3. The van der Waals surface area contributed by atoms with Crippen LogP contribution >= 0.6 is 11.6 Å². The molecule has 2 nitrogen and oxygen atoms in total. The normalized spacial score (nSPS) is 11.3. The summed E-state index contributed by atoms with van der Waals surface area (Å²) in [5, 5.41) is 0.